The van der Waals surface area contributed by atoms with E-state index in [0.717, 1.165) is 58.1 Å². The molecule has 6 nitrogen and oxygen atoms in total. The molecule has 1 amide bonds. The molecule has 3 rings (SSSR count). The van der Waals surface area contributed by atoms with Gasteiger partial charge >= 0.3 is 0 Å². The number of aliphatic imine (C=N–C) groups is 1. The van der Waals surface area contributed by atoms with Gasteiger partial charge in [0, 0.05) is 58.8 Å². The topological polar surface area (TPSA) is 60.0 Å². The minimum absolute atomic E-state index is 0. The molecule has 0 aromatic heterocycles. The molecular formula is C26H38IN5O. The molecule has 1 aliphatic heterocycles. The number of nitrogens with zero attached hydrogens (tertiary/aromatic N) is 3. The number of amides is 1. The van der Waals surface area contributed by atoms with Gasteiger partial charge in [0.2, 0.25) is 5.91 Å². The summed E-state index contributed by atoms with van der Waals surface area (Å²) in [7, 11) is 1.80. The van der Waals surface area contributed by atoms with Gasteiger partial charge in [0.05, 0.1) is 0 Å². The Bertz CT molecular complexity index is 805. The van der Waals surface area contributed by atoms with Crippen LogP contribution in [0.5, 0.6) is 0 Å². The molecule has 1 atom stereocenters. The molecule has 33 heavy (non-hydrogen) atoms. The van der Waals surface area contributed by atoms with Gasteiger partial charge in [0.25, 0.3) is 0 Å². The van der Waals surface area contributed by atoms with E-state index in [2.05, 4.69) is 81.2 Å². The van der Waals surface area contributed by atoms with Crippen LogP contribution >= 0.6 is 24.0 Å². The number of hydrogen-bond donors (Lipinski definition) is 2. The number of nitrogens with one attached hydrogen (secondary N) is 2. The average Bonchev–Trinajstić information content (AvgIpc) is 3.30. The van der Waals surface area contributed by atoms with E-state index in [9.17, 15) is 4.79 Å². The Hall–Kier alpha value is -2.13. The summed E-state index contributed by atoms with van der Waals surface area (Å²) < 4.78 is 0. The lowest BCUT2D eigenvalue weighted by Gasteiger charge is -2.23. The maximum Gasteiger partial charge on any atom is 0.222 e. The van der Waals surface area contributed by atoms with Crippen molar-refractivity contribution in [1.82, 2.24) is 20.4 Å². The first kappa shape index (κ1) is 27.1. The second-order valence-electron chi connectivity index (χ2n) is 8.36. The Balaban J connectivity index is 0.00000385. The zero-order chi connectivity index (χ0) is 22.6. The molecule has 2 N–H and O–H groups in total. The van der Waals surface area contributed by atoms with Gasteiger partial charge in [-0.15, -0.1) is 24.0 Å². The van der Waals surface area contributed by atoms with Crippen LogP contribution in [0.2, 0.25) is 0 Å². The van der Waals surface area contributed by atoms with Gasteiger partial charge in [-0.05, 0) is 24.0 Å². The van der Waals surface area contributed by atoms with E-state index in [4.69, 9.17) is 0 Å². The highest BCUT2D eigenvalue weighted by Crippen LogP contribution is 2.11. The van der Waals surface area contributed by atoms with Crippen molar-refractivity contribution in [3.05, 3.63) is 71.8 Å². The van der Waals surface area contributed by atoms with E-state index in [1.807, 2.05) is 11.8 Å². The maximum absolute atomic E-state index is 11.9. The zero-order valence-corrected chi connectivity index (χ0v) is 22.2. The molecule has 0 spiro atoms. The Labute approximate surface area is 215 Å². The number of rotatable bonds is 10. The van der Waals surface area contributed by atoms with E-state index in [1.54, 1.807) is 7.05 Å². The van der Waals surface area contributed by atoms with Crippen LogP contribution < -0.4 is 10.6 Å². The van der Waals surface area contributed by atoms with Gasteiger partial charge in [-0.25, -0.2) is 0 Å². The lowest BCUT2D eigenvalue weighted by atomic mass is 10.1. The van der Waals surface area contributed by atoms with E-state index < -0.39 is 0 Å². The summed E-state index contributed by atoms with van der Waals surface area (Å²) in [6, 6.07) is 21.6. The molecule has 180 valence electrons. The molecule has 1 fully saturated rings. The summed E-state index contributed by atoms with van der Waals surface area (Å²) in [6.07, 6.45) is 2.56. The van der Waals surface area contributed by atoms with Crippen LogP contribution in [-0.2, 0) is 17.9 Å². The van der Waals surface area contributed by atoms with E-state index >= 15 is 0 Å². The second kappa shape index (κ2) is 14.9. The second-order valence-corrected chi connectivity index (χ2v) is 8.36. The highest BCUT2D eigenvalue weighted by atomic mass is 127. The smallest absolute Gasteiger partial charge is 0.222 e. The normalized spacial score (nSPS) is 15.9. The Morgan fingerprint density at radius 2 is 1.67 bits per heavy atom. The Morgan fingerprint density at radius 3 is 2.21 bits per heavy atom. The summed E-state index contributed by atoms with van der Waals surface area (Å²) in [4.78, 5) is 20.7. The Kier molecular flexibility index (Phi) is 12.2. The lowest BCUT2D eigenvalue weighted by molar-refractivity contribution is -0.129. The fourth-order valence-corrected chi connectivity index (χ4v) is 4.12. The molecule has 0 saturated carbocycles. The van der Waals surface area contributed by atoms with Gasteiger partial charge in [-0.1, -0.05) is 67.6 Å². The van der Waals surface area contributed by atoms with Crippen LogP contribution in [0, 0.1) is 0 Å². The summed E-state index contributed by atoms with van der Waals surface area (Å²) in [5, 5.41) is 6.92. The number of carbonyl (C=O) groups is 1. The van der Waals surface area contributed by atoms with Crippen molar-refractivity contribution in [3.8, 4) is 0 Å². The standard InChI is InChI=1S/C26H37N5O.HI/c1-3-25(32)31-18-15-24(21-31)29-26(27-2)28-16-10-17-30(19-22-11-6-4-7-12-22)20-23-13-8-5-9-14-23;/h4-9,11-14,24H,3,10,15-21H2,1-2H3,(H2,27,28,29);1H. The van der Waals surface area contributed by atoms with Gasteiger partial charge < -0.3 is 15.5 Å². The molecule has 7 heteroatoms. The monoisotopic (exact) mass is 563 g/mol. The summed E-state index contributed by atoms with van der Waals surface area (Å²) in [5.74, 6) is 1.05. The molecule has 1 aliphatic rings. The predicted molar refractivity (Wildman–Crippen MR) is 147 cm³/mol. The first-order valence-corrected chi connectivity index (χ1v) is 11.7. The van der Waals surface area contributed by atoms with Crippen LogP contribution in [0.4, 0.5) is 0 Å². The van der Waals surface area contributed by atoms with Crippen molar-refractivity contribution in [3.63, 3.8) is 0 Å². The van der Waals surface area contributed by atoms with Crippen LogP contribution in [0.15, 0.2) is 65.7 Å². The minimum atomic E-state index is 0. The number of halogens is 1. The van der Waals surface area contributed by atoms with Crippen LogP contribution in [0.3, 0.4) is 0 Å². The van der Waals surface area contributed by atoms with Crippen molar-refractivity contribution in [2.75, 3.05) is 33.2 Å². The molecule has 1 saturated heterocycles. The van der Waals surface area contributed by atoms with Gasteiger partial charge in [0.15, 0.2) is 5.96 Å². The predicted octanol–water partition coefficient (Wildman–Crippen LogP) is 3.87. The summed E-state index contributed by atoms with van der Waals surface area (Å²) in [5.41, 5.74) is 2.67. The number of guanidine groups is 1. The third-order valence-electron chi connectivity index (χ3n) is 5.85. The van der Waals surface area contributed by atoms with E-state index in [1.165, 1.54) is 11.1 Å². The van der Waals surface area contributed by atoms with Crippen molar-refractivity contribution < 1.29 is 4.79 Å². The summed E-state index contributed by atoms with van der Waals surface area (Å²) in [6.45, 7) is 7.23. The molecule has 2 aromatic carbocycles. The molecule has 0 radical (unpaired) electrons. The van der Waals surface area contributed by atoms with Crippen molar-refractivity contribution in [1.29, 1.82) is 0 Å². The maximum atomic E-state index is 11.9. The van der Waals surface area contributed by atoms with E-state index in [-0.39, 0.29) is 35.9 Å². The highest BCUT2D eigenvalue weighted by molar-refractivity contribution is 14.0. The zero-order valence-electron chi connectivity index (χ0n) is 19.9. The van der Waals surface area contributed by atoms with E-state index in [0.29, 0.717) is 6.42 Å². The molecular weight excluding hydrogens is 525 g/mol. The largest absolute Gasteiger partial charge is 0.356 e. The van der Waals surface area contributed by atoms with Crippen LogP contribution in [0.25, 0.3) is 0 Å². The molecule has 0 bridgehead atoms. The average molecular weight is 564 g/mol. The van der Waals surface area contributed by atoms with Crippen LogP contribution in [0.1, 0.15) is 37.3 Å². The van der Waals surface area contributed by atoms with Gasteiger partial charge in [0.1, 0.15) is 0 Å². The molecule has 0 aliphatic carbocycles. The molecule has 2 aromatic rings. The van der Waals surface area contributed by atoms with Gasteiger partial charge in [-0.3, -0.25) is 14.7 Å². The highest BCUT2D eigenvalue weighted by Gasteiger charge is 2.25. The SMILES string of the molecule is CCC(=O)N1CCC(NC(=NC)NCCCN(Cc2ccccc2)Cc2ccccc2)C1.I. The van der Waals surface area contributed by atoms with Crippen molar-refractivity contribution >= 4 is 35.8 Å². The quantitative estimate of drug-likeness (QED) is 0.200. The van der Waals surface area contributed by atoms with Crippen molar-refractivity contribution in [2.24, 2.45) is 4.99 Å². The number of likely N-dealkylation sites (tertiary alicyclic amines) is 1. The fourth-order valence-electron chi connectivity index (χ4n) is 4.12. The minimum Gasteiger partial charge on any atom is -0.356 e. The fraction of sp³-hybridized carbons (Fsp3) is 0.462. The first-order chi connectivity index (χ1) is 15.7. The lowest BCUT2D eigenvalue weighted by Crippen LogP contribution is -2.45. The third-order valence-corrected chi connectivity index (χ3v) is 5.85. The molecule has 1 unspecified atom stereocenters. The molecule has 1 heterocycles. The number of hydrogen-bond acceptors (Lipinski definition) is 3. The van der Waals surface area contributed by atoms with Crippen LogP contribution in [-0.4, -0.2) is 60.9 Å². The summed E-state index contributed by atoms with van der Waals surface area (Å²) >= 11 is 0. The van der Waals surface area contributed by atoms with Crippen molar-refractivity contribution in [2.45, 2.75) is 45.3 Å². The number of carbonyl (C=O) groups excluding carboxylic acids is 1. The number of benzene rings is 2. The third kappa shape index (κ3) is 9.33. The first-order valence-electron chi connectivity index (χ1n) is 11.7. The van der Waals surface area contributed by atoms with Gasteiger partial charge in [-0.2, -0.15) is 0 Å². The Morgan fingerprint density at radius 1 is 1.06 bits per heavy atom.